The van der Waals surface area contributed by atoms with Gasteiger partial charge < -0.3 is 15.8 Å². The largest absolute Gasteiger partial charge is 0.494 e. The lowest BCUT2D eigenvalue weighted by Gasteiger charge is -2.16. The Kier molecular flexibility index (Phi) is 7.01. The molecule has 0 saturated carbocycles. The fourth-order valence-corrected chi connectivity index (χ4v) is 1.94. The second-order valence-corrected chi connectivity index (χ2v) is 5.06. The number of carbonyl (C=O) groups is 1. The van der Waals surface area contributed by atoms with Gasteiger partial charge in [-0.15, -0.1) is 0 Å². The molecule has 4 nitrogen and oxygen atoms in total. The van der Waals surface area contributed by atoms with Crippen molar-refractivity contribution in [2.75, 3.05) is 6.61 Å². The highest BCUT2D eigenvalue weighted by molar-refractivity contribution is 7.80. The molecule has 0 aliphatic carbocycles. The van der Waals surface area contributed by atoms with Crippen LogP contribution in [0.15, 0.2) is 24.3 Å². The molecule has 1 atom stereocenters. The van der Waals surface area contributed by atoms with Crippen LogP contribution in [0.5, 0.6) is 5.75 Å². The van der Waals surface area contributed by atoms with Gasteiger partial charge in [0.05, 0.1) is 17.6 Å². The molecule has 3 N–H and O–H groups in total. The fraction of sp³-hybridized carbons (Fsp3) is 0.467. The first-order chi connectivity index (χ1) is 9.58. The molecule has 1 amide bonds. The van der Waals surface area contributed by atoms with Crippen LogP contribution in [0.1, 0.15) is 43.5 Å². The average molecular weight is 294 g/mol. The summed E-state index contributed by atoms with van der Waals surface area (Å²) >= 11 is 4.97. The van der Waals surface area contributed by atoms with E-state index in [4.69, 9.17) is 22.7 Å². The van der Waals surface area contributed by atoms with E-state index < -0.39 is 0 Å². The Morgan fingerprint density at radius 1 is 1.40 bits per heavy atom. The van der Waals surface area contributed by atoms with Gasteiger partial charge in [0.25, 0.3) is 5.91 Å². The van der Waals surface area contributed by atoms with E-state index in [0.717, 1.165) is 19.3 Å². The molecule has 0 fully saturated rings. The van der Waals surface area contributed by atoms with Gasteiger partial charge in [0, 0.05) is 5.56 Å². The van der Waals surface area contributed by atoms with Crippen LogP contribution in [0.25, 0.3) is 0 Å². The quantitative estimate of drug-likeness (QED) is 0.724. The molecule has 0 heterocycles. The molecule has 5 heteroatoms. The highest BCUT2D eigenvalue weighted by Gasteiger charge is 2.15. The van der Waals surface area contributed by atoms with E-state index in [-0.39, 0.29) is 11.9 Å². The maximum absolute atomic E-state index is 12.2. The van der Waals surface area contributed by atoms with Crippen molar-refractivity contribution in [3.63, 3.8) is 0 Å². The topological polar surface area (TPSA) is 64.3 Å². The van der Waals surface area contributed by atoms with Gasteiger partial charge in [-0.05, 0) is 31.0 Å². The van der Waals surface area contributed by atoms with E-state index in [9.17, 15) is 4.79 Å². The van der Waals surface area contributed by atoms with Crippen molar-refractivity contribution in [3.05, 3.63) is 29.8 Å². The predicted molar refractivity (Wildman–Crippen MR) is 85.2 cm³/mol. The molecule has 0 aromatic heterocycles. The van der Waals surface area contributed by atoms with Crippen molar-refractivity contribution in [2.24, 2.45) is 5.73 Å². The van der Waals surface area contributed by atoms with E-state index in [2.05, 4.69) is 5.32 Å². The number of nitrogens with two attached hydrogens (primary N) is 1. The summed E-state index contributed by atoms with van der Waals surface area (Å²) in [4.78, 5) is 12.5. The molecule has 0 saturated heterocycles. The number of benzene rings is 1. The molecule has 1 rings (SSSR count). The third-order valence-corrected chi connectivity index (χ3v) is 3.08. The number of hydrogen-bond donors (Lipinski definition) is 2. The van der Waals surface area contributed by atoms with Gasteiger partial charge >= 0.3 is 0 Å². The lowest BCUT2D eigenvalue weighted by molar-refractivity contribution is 0.0945. The minimum absolute atomic E-state index is 0.182. The van der Waals surface area contributed by atoms with Crippen LogP contribution in [0.2, 0.25) is 0 Å². The van der Waals surface area contributed by atoms with Crippen molar-refractivity contribution in [1.82, 2.24) is 5.32 Å². The Hall–Kier alpha value is -1.62. The van der Waals surface area contributed by atoms with Crippen molar-refractivity contribution in [3.8, 4) is 5.75 Å². The van der Waals surface area contributed by atoms with E-state index in [1.807, 2.05) is 19.9 Å². The Bertz CT molecular complexity index is 463. The summed E-state index contributed by atoms with van der Waals surface area (Å²) in [6, 6.07) is 6.85. The Morgan fingerprint density at radius 3 is 2.75 bits per heavy atom. The normalized spacial score (nSPS) is 11.7. The smallest absolute Gasteiger partial charge is 0.251 e. The first kappa shape index (κ1) is 16.4. The molecule has 0 spiro atoms. The van der Waals surface area contributed by atoms with Gasteiger partial charge in [-0.3, -0.25) is 4.79 Å². The number of thiocarbonyl (C=S) groups is 1. The Morgan fingerprint density at radius 2 is 2.15 bits per heavy atom. The SMILES string of the molecule is CCCOc1cccc(C(=O)NC(CCC)C(N)=S)c1. The van der Waals surface area contributed by atoms with Gasteiger partial charge in [0.2, 0.25) is 0 Å². The van der Waals surface area contributed by atoms with Crippen molar-refractivity contribution >= 4 is 23.1 Å². The standard InChI is InChI=1S/C15H22N2O2S/c1-3-6-13(14(16)20)17-15(18)11-7-5-8-12(10-11)19-9-4-2/h5,7-8,10,13H,3-4,6,9H2,1-2H3,(H2,16,20)(H,17,18). The first-order valence-electron chi connectivity index (χ1n) is 6.91. The number of nitrogens with one attached hydrogen (secondary N) is 1. The number of hydrogen-bond acceptors (Lipinski definition) is 3. The summed E-state index contributed by atoms with van der Waals surface area (Å²) in [5.74, 6) is 0.514. The van der Waals surface area contributed by atoms with Crippen LogP contribution >= 0.6 is 12.2 Å². The van der Waals surface area contributed by atoms with Gasteiger partial charge in [0.1, 0.15) is 5.75 Å². The monoisotopic (exact) mass is 294 g/mol. The number of amides is 1. The lowest BCUT2D eigenvalue weighted by atomic mass is 10.1. The second kappa shape index (κ2) is 8.53. The van der Waals surface area contributed by atoms with Crippen LogP contribution in [-0.4, -0.2) is 23.5 Å². The van der Waals surface area contributed by atoms with E-state index in [0.29, 0.717) is 22.9 Å². The molecule has 1 aromatic carbocycles. The van der Waals surface area contributed by atoms with Gasteiger partial charge in [0.15, 0.2) is 0 Å². The van der Waals surface area contributed by atoms with E-state index in [1.165, 1.54) is 0 Å². The van der Waals surface area contributed by atoms with Crippen molar-refractivity contribution in [1.29, 1.82) is 0 Å². The Balaban J connectivity index is 2.73. The van der Waals surface area contributed by atoms with Crippen molar-refractivity contribution < 1.29 is 9.53 Å². The van der Waals surface area contributed by atoms with Gasteiger partial charge in [-0.25, -0.2) is 0 Å². The predicted octanol–water partition coefficient (Wildman–Crippen LogP) is 2.66. The van der Waals surface area contributed by atoms with E-state index in [1.54, 1.807) is 18.2 Å². The molecule has 1 aromatic rings. The fourth-order valence-electron chi connectivity index (χ4n) is 1.76. The number of ether oxygens (including phenoxy) is 1. The van der Waals surface area contributed by atoms with Crippen LogP contribution in [0.3, 0.4) is 0 Å². The average Bonchev–Trinajstić information content (AvgIpc) is 2.44. The molecule has 1 unspecified atom stereocenters. The second-order valence-electron chi connectivity index (χ2n) is 4.59. The Labute approximate surface area is 125 Å². The molecular formula is C15H22N2O2S. The molecule has 0 aliphatic rings. The van der Waals surface area contributed by atoms with E-state index >= 15 is 0 Å². The minimum atomic E-state index is -0.261. The summed E-state index contributed by atoms with van der Waals surface area (Å²) in [7, 11) is 0. The van der Waals surface area contributed by atoms with Gasteiger partial charge in [-0.2, -0.15) is 0 Å². The zero-order valence-corrected chi connectivity index (χ0v) is 12.8. The van der Waals surface area contributed by atoms with Crippen LogP contribution in [0, 0.1) is 0 Å². The van der Waals surface area contributed by atoms with Crippen LogP contribution < -0.4 is 15.8 Å². The molecule has 110 valence electrons. The summed E-state index contributed by atoms with van der Waals surface area (Å²) in [5.41, 5.74) is 6.19. The first-order valence-corrected chi connectivity index (χ1v) is 7.32. The highest BCUT2D eigenvalue weighted by atomic mass is 32.1. The van der Waals surface area contributed by atoms with Crippen LogP contribution in [0.4, 0.5) is 0 Å². The number of carbonyl (C=O) groups excluding carboxylic acids is 1. The summed E-state index contributed by atoms with van der Waals surface area (Å²) in [6.07, 6.45) is 2.57. The number of rotatable bonds is 8. The van der Waals surface area contributed by atoms with Gasteiger partial charge in [-0.1, -0.05) is 38.6 Å². The zero-order chi connectivity index (χ0) is 15.0. The summed E-state index contributed by atoms with van der Waals surface area (Å²) in [6.45, 7) is 4.70. The summed E-state index contributed by atoms with van der Waals surface area (Å²) in [5, 5.41) is 2.86. The third kappa shape index (κ3) is 5.17. The zero-order valence-electron chi connectivity index (χ0n) is 12.0. The maximum atomic E-state index is 12.2. The van der Waals surface area contributed by atoms with Crippen LogP contribution in [-0.2, 0) is 0 Å². The summed E-state index contributed by atoms with van der Waals surface area (Å²) < 4.78 is 5.52. The molecule has 0 bridgehead atoms. The molecule has 0 radical (unpaired) electrons. The molecule has 0 aliphatic heterocycles. The maximum Gasteiger partial charge on any atom is 0.251 e. The molecule has 20 heavy (non-hydrogen) atoms. The third-order valence-electron chi connectivity index (χ3n) is 2.80. The highest BCUT2D eigenvalue weighted by Crippen LogP contribution is 2.14. The minimum Gasteiger partial charge on any atom is -0.494 e. The lowest BCUT2D eigenvalue weighted by Crippen LogP contribution is -2.43. The molecular weight excluding hydrogens is 272 g/mol. The van der Waals surface area contributed by atoms with Crippen molar-refractivity contribution in [2.45, 2.75) is 39.2 Å².